The molecule has 0 aliphatic carbocycles. The predicted molar refractivity (Wildman–Crippen MR) is 110 cm³/mol. The number of carbonyl (C=O) groups excluding carboxylic acids is 1. The van der Waals surface area contributed by atoms with E-state index in [1.165, 1.54) is 19.2 Å². The lowest BCUT2D eigenvalue weighted by Gasteiger charge is -2.10. The molecule has 6 nitrogen and oxygen atoms in total. The van der Waals surface area contributed by atoms with E-state index < -0.39 is 0 Å². The normalized spacial score (nSPS) is 11.2. The number of benzene rings is 2. The molecule has 0 aliphatic heterocycles. The first kappa shape index (κ1) is 18.5. The molecule has 2 aromatic carbocycles. The Morgan fingerprint density at radius 3 is 2.72 bits per heavy atom. The molecular formula is C22H19FN4O2. The number of hydrogen-bond acceptors (Lipinski definition) is 3. The Balaban J connectivity index is 1.65. The van der Waals surface area contributed by atoms with Gasteiger partial charge in [0.25, 0.3) is 5.91 Å². The van der Waals surface area contributed by atoms with Crippen LogP contribution >= 0.6 is 0 Å². The topological polar surface area (TPSA) is 82.8 Å². The molecule has 4 aromatic rings. The van der Waals surface area contributed by atoms with E-state index in [4.69, 9.17) is 4.74 Å². The summed E-state index contributed by atoms with van der Waals surface area (Å²) in [4.78, 5) is 15.8. The third-order valence-corrected chi connectivity index (χ3v) is 4.56. The minimum Gasteiger partial charge on any atom is -0.495 e. The van der Waals surface area contributed by atoms with Crippen molar-refractivity contribution in [3.05, 3.63) is 83.1 Å². The Hall–Kier alpha value is -3.87. The predicted octanol–water partition coefficient (Wildman–Crippen LogP) is 4.14. The molecular weight excluding hydrogens is 371 g/mol. The van der Waals surface area contributed by atoms with Crippen molar-refractivity contribution in [1.29, 1.82) is 0 Å². The number of carbonyl (C=O) groups is 1. The molecule has 3 N–H and O–H groups in total. The summed E-state index contributed by atoms with van der Waals surface area (Å²) in [5, 5.41) is 10.9. The summed E-state index contributed by atoms with van der Waals surface area (Å²) in [6.07, 6.45) is 5.43. The van der Waals surface area contributed by atoms with Crippen molar-refractivity contribution in [2.24, 2.45) is 0 Å². The summed E-state index contributed by atoms with van der Waals surface area (Å²) in [5.74, 6) is -0.0870. The fourth-order valence-corrected chi connectivity index (χ4v) is 3.12. The molecule has 146 valence electrons. The van der Waals surface area contributed by atoms with E-state index in [0.29, 0.717) is 28.9 Å². The highest BCUT2D eigenvalue weighted by Crippen LogP contribution is 2.32. The Bertz CT molecular complexity index is 1160. The maximum atomic E-state index is 13.1. The average molecular weight is 390 g/mol. The van der Waals surface area contributed by atoms with Crippen molar-refractivity contribution in [2.75, 3.05) is 7.11 Å². The van der Waals surface area contributed by atoms with Crippen molar-refractivity contribution in [3.8, 4) is 5.75 Å². The first-order valence-electron chi connectivity index (χ1n) is 9.05. The number of methoxy groups -OCH3 is 1. The van der Waals surface area contributed by atoms with Crippen molar-refractivity contribution >= 4 is 29.0 Å². The third kappa shape index (κ3) is 3.89. The van der Waals surface area contributed by atoms with Crippen LogP contribution in [0, 0.1) is 5.82 Å². The molecule has 0 spiro atoms. The van der Waals surface area contributed by atoms with Crippen LogP contribution < -0.4 is 10.1 Å². The third-order valence-electron chi connectivity index (χ3n) is 4.56. The van der Waals surface area contributed by atoms with Crippen molar-refractivity contribution < 1.29 is 13.9 Å². The molecule has 7 heteroatoms. The number of nitrogens with zero attached hydrogens (tertiary/aromatic N) is 1. The maximum absolute atomic E-state index is 13.1. The lowest BCUT2D eigenvalue weighted by molar-refractivity contribution is 0.0947. The zero-order valence-electron chi connectivity index (χ0n) is 15.7. The fraction of sp³-hybridized carbons (Fsp3) is 0.0909. The molecule has 4 rings (SSSR count). The highest BCUT2D eigenvalue weighted by atomic mass is 19.1. The van der Waals surface area contributed by atoms with Crippen LogP contribution in [0.25, 0.3) is 23.1 Å². The molecule has 0 fully saturated rings. The monoisotopic (exact) mass is 390 g/mol. The number of fused-ring (bicyclic) bond motifs is 1. The maximum Gasteiger partial charge on any atom is 0.255 e. The van der Waals surface area contributed by atoms with Gasteiger partial charge in [0.2, 0.25) is 0 Å². The van der Waals surface area contributed by atoms with E-state index >= 15 is 0 Å². The van der Waals surface area contributed by atoms with E-state index in [-0.39, 0.29) is 11.7 Å². The van der Waals surface area contributed by atoms with E-state index in [1.807, 2.05) is 18.2 Å². The molecule has 0 saturated carbocycles. The number of amides is 1. The highest BCUT2D eigenvalue weighted by molar-refractivity contribution is 6.05. The van der Waals surface area contributed by atoms with Gasteiger partial charge in [-0.2, -0.15) is 5.10 Å². The largest absolute Gasteiger partial charge is 0.495 e. The molecule has 0 radical (unpaired) electrons. The second kappa shape index (κ2) is 8.02. The molecule has 2 aromatic heterocycles. The molecule has 0 saturated heterocycles. The number of halogens is 1. The van der Waals surface area contributed by atoms with E-state index in [1.54, 1.807) is 36.5 Å². The quantitative estimate of drug-likeness (QED) is 0.463. The average Bonchev–Trinajstić information content (AvgIpc) is 3.40. The summed E-state index contributed by atoms with van der Waals surface area (Å²) < 4.78 is 18.7. The van der Waals surface area contributed by atoms with Crippen LogP contribution in [0.5, 0.6) is 5.75 Å². The number of rotatable bonds is 6. The summed E-state index contributed by atoms with van der Waals surface area (Å²) in [6, 6.07) is 13.4. The van der Waals surface area contributed by atoms with Crippen LogP contribution in [-0.2, 0) is 6.54 Å². The SMILES string of the molecule is COc1c(C(=O)NCc2ccc[nH]2)ccc2[nH]nc(/C=C/c3ccc(F)cc3)c12. The minimum absolute atomic E-state index is 0.243. The number of hydrogen-bond donors (Lipinski definition) is 3. The summed E-state index contributed by atoms with van der Waals surface area (Å²) >= 11 is 0. The van der Waals surface area contributed by atoms with Gasteiger partial charge >= 0.3 is 0 Å². The van der Waals surface area contributed by atoms with Crippen LogP contribution in [-0.4, -0.2) is 28.2 Å². The van der Waals surface area contributed by atoms with Crippen LogP contribution in [0.15, 0.2) is 54.7 Å². The van der Waals surface area contributed by atoms with E-state index in [2.05, 4.69) is 20.5 Å². The van der Waals surface area contributed by atoms with Gasteiger partial charge in [-0.1, -0.05) is 18.2 Å². The summed E-state index contributed by atoms with van der Waals surface area (Å²) in [7, 11) is 1.52. The second-order valence-electron chi connectivity index (χ2n) is 6.44. The first-order chi connectivity index (χ1) is 14.2. The Labute approximate surface area is 166 Å². The van der Waals surface area contributed by atoms with Gasteiger partial charge in [-0.05, 0) is 48.0 Å². The molecule has 1 amide bonds. The fourth-order valence-electron chi connectivity index (χ4n) is 3.12. The summed E-state index contributed by atoms with van der Waals surface area (Å²) in [5.41, 5.74) is 3.54. The molecule has 2 heterocycles. The van der Waals surface area contributed by atoms with Crippen LogP contribution in [0.1, 0.15) is 27.3 Å². The van der Waals surface area contributed by atoms with Gasteiger partial charge in [-0.25, -0.2) is 4.39 Å². The molecule has 29 heavy (non-hydrogen) atoms. The Kier molecular flexibility index (Phi) is 5.11. The zero-order valence-corrected chi connectivity index (χ0v) is 15.7. The van der Waals surface area contributed by atoms with Gasteiger partial charge in [-0.15, -0.1) is 0 Å². The second-order valence-corrected chi connectivity index (χ2v) is 6.44. The number of aromatic nitrogens is 3. The molecule has 0 unspecified atom stereocenters. The standard InChI is InChI=1S/C22H19FN4O2/c1-29-21-17(22(28)25-13-16-3-2-12-24-16)9-11-19-20(21)18(26-27-19)10-6-14-4-7-15(23)8-5-14/h2-12,24H,13H2,1H3,(H,25,28)(H,26,27)/b10-6+. The molecule has 0 bridgehead atoms. The van der Waals surface area contributed by atoms with Crippen molar-refractivity contribution in [2.45, 2.75) is 6.54 Å². The zero-order chi connectivity index (χ0) is 20.2. The molecule has 0 aliphatic rings. The van der Waals surface area contributed by atoms with Crippen LogP contribution in [0.4, 0.5) is 4.39 Å². The number of aromatic amines is 2. The minimum atomic E-state index is -0.288. The smallest absolute Gasteiger partial charge is 0.255 e. The Morgan fingerprint density at radius 1 is 1.17 bits per heavy atom. The van der Waals surface area contributed by atoms with Gasteiger partial charge < -0.3 is 15.0 Å². The van der Waals surface area contributed by atoms with E-state index in [0.717, 1.165) is 16.8 Å². The number of ether oxygens (including phenoxy) is 1. The van der Waals surface area contributed by atoms with Gasteiger partial charge in [0.15, 0.2) is 0 Å². The number of H-pyrrole nitrogens is 2. The summed E-state index contributed by atoms with van der Waals surface area (Å²) in [6.45, 7) is 0.385. The lowest BCUT2D eigenvalue weighted by atomic mass is 10.1. The molecule has 0 atom stereocenters. The van der Waals surface area contributed by atoms with E-state index in [9.17, 15) is 9.18 Å². The van der Waals surface area contributed by atoms with Crippen molar-refractivity contribution in [3.63, 3.8) is 0 Å². The van der Waals surface area contributed by atoms with Crippen LogP contribution in [0.2, 0.25) is 0 Å². The first-order valence-corrected chi connectivity index (χ1v) is 9.05. The van der Waals surface area contributed by atoms with Gasteiger partial charge in [0.1, 0.15) is 11.6 Å². The Morgan fingerprint density at radius 2 is 2.00 bits per heavy atom. The van der Waals surface area contributed by atoms with Crippen LogP contribution in [0.3, 0.4) is 0 Å². The van der Waals surface area contributed by atoms with Gasteiger partial charge in [-0.3, -0.25) is 9.89 Å². The van der Waals surface area contributed by atoms with Gasteiger partial charge in [0.05, 0.1) is 35.8 Å². The lowest BCUT2D eigenvalue weighted by Crippen LogP contribution is -2.23. The highest BCUT2D eigenvalue weighted by Gasteiger charge is 2.18. The van der Waals surface area contributed by atoms with Gasteiger partial charge in [0, 0.05) is 11.9 Å². The van der Waals surface area contributed by atoms with Crippen molar-refractivity contribution in [1.82, 2.24) is 20.5 Å². The number of nitrogens with one attached hydrogen (secondary N) is 3.